The second kappa shape index (κ2) is 7.80. The molecule has 0 spiro atoms. The van der Waals surface area contributed by atoms with Crippen molar-refractivity contribution in [3.05, 3.63) is 87.7 Å². The third-order valence-corrected chi connectivity index (χ3v) is 4.76. The van der Waals surface area contributed by atoms with Crippen molar-refractivity contribution < 1.29 is 27.3 Å². The number of nitrogens with zero attached hydrogens (tertiary/aromatic N) is 3. The summed E-state index contributed by atoms with van der Waals surface area (Å²) in [4.78, 5) is 23.2. The molecule has 7 nitrogen and oxygen atoms in total. The number of aryl methyl sites for hydroxylation is 1. The van der Waals surface area contributed by atoms with E-state index in [-0.39, 0.29) is 22.9 Å². The van der Waals surface area contributed by atoms with Crippen LogP contribution in [-0.4, -0.2) is 22.7 Å². The molecule has 0 radical (unpaired) electrons. The fraction of sp³-hybridized carbons (Fsp3) is 0.0909. The number of furan rings is 1. The number of halogens is 3. The van der Waals surface area contributed by atoms with E-state index in [2.05, 4.69) is 5.10 Å². The van der Waals surface area contributed by atoms with Crippen molar-refractivity contribution in [1.82, 2.24) is 0 Å². The average molecular weight is 441 g/mol. The van der Waals surface area contributed by atoms with E-state index < -0.39 is 28.3 Å². The van der Waals surface area contributed by atoms with Crippen molar-refractivity contribution in [2.75, 3.05) is 5.01 Å². The van der Waals surface area contributed by atoms with Gasteiger partial charge in [-0.25, -0.2) is 0 Å². The third-order valence-electron chi connectivity index (χ3n) is 4.76. The summed E-state index contributed by atoms with van der Waals surface area (Å²) in [5, 5.41) is 15.2. The highest BCUT2D eigenvalue weighted by Crippen LogP contribution is 2.34. The first-order chi connectivity index (χ1) is 15.1. The Morgan fingerprint density at radius 2 is 1.81 bits per heavy atom. The Kier molecular flexibility index (Phi) is 5.13. The van der Waals surface area contributed by atoms with Crippen molar-refractivity contribution in [3.63, 3.8) is 0 Å². The highest BCUT2D eigenvalue weighted by molar-refractivity contribution is 6.34. The maximum atomic E-state index is 13.6. The van der Waals surface area contributed by atoms with E-state index in [1.807, 2.05) is 0 Å². The Balaban J connectivity index is 1.73. The Labute approximate surface area is 179 Å². The SMILES string of the molecule is Cc1ccc([N+](=O)[O-])cc1-c1ccc(/C=C2\C(=O)N(c3ccccc3)N=C2C(F)(F)F)o1. The first kappa shape index (κ1) is 21.0. The minimum absolute atomic E-state index is 0.0267. The topological polar surface area (TPSA) is 89.0 Å². The first-order valence-electron chi connectivity index (χ1n) is 9.28. The van der Waals surface area contributed by atoms with Crippen LogP contribution in [0.25, 0.3) is 17.4 Å². The Bertz CT molecular complexity index is 1280. The number of nitro groups is 1. The number of hydrazone groups is 1. The van der Waals surface area contributed by atoms with Crippen LogP contribution in [0.2, 0.25) is 0 Å². The van der Waals surface area contributed by atoms with E-state index in [1.165, 1.54) is 36.4 Å². The van der Waals surface area contributed by atoms with Crippen LogP contribution in [0.1, 0.15) is 11.3 Å². The van der Waals surface area contributed by atoms with Crippen LogP contribution in [0.5, 0.6) is 0 Å². The predicted molar refractivity (Wildman–Crippen MR) is 111 cm³/mol. The summed E-state index contributed by atoms with van der Waals surface area (Å²) in [6.07, 6.45) is -3.90. The number of hydrogen-bond donors (Lipinski definition) is 0. The second-order valence-electron chi connectivity index (χ2n) is 6.92. The van der Waals surface area contributed by atoms with Gasteiger partial charge in [-0.05, 0) is 42.8 Å². The van der Waals surface area contributed by atoms with E-state index in [4.69, 9.17) is 4.42 Å². The van der Waals surface area contributed by atoms with Gasteiger partial charge in [-0.1, -0.05) is 24.3 Å². The molecule has 4 rings (SSSR count). The average Bonchev–Trinajstić information content (AvgIpc) is 3.34. The van der Waals surface area contributed by atoms with E-state index in [1.54, 1.807) is 31.2 Å². The van der Waals surface area contributed by atoms with Gasteiger partial charge in [0.15, 0.2) is 5.71 Å². The fourth-order valence-electron chi connectivity index (χ4n) is 3.20. The van der Waals surface area contributed by atoms with Crippen LogP contribution in [0.3, 0.4) is 0 Å². The summed E-state index contributed by atoms with van der Waals surface area (Å²) in [7, 11) is 0. The molecular formula is C22H14F3N3O4. The van der Waals surface area contributed by atoms with E-state index in [0.29, 0.717) is 16.1 Å². The summed E-state index contributed by atoms with van der Waals surface area (Å²) in [6.45, 7) is 1.71. The zero-order valence-corrected chi connectivity index (χ0v) is 16.5. The molecule has 10 heteroatoms. The van der Waals surface area contributed by atoms with Crippen LogP contribution in [0.15, 0.2) is 75.8 Å². The highest BCUT2D eigenvalue weighted by atomic mass is 19.4. The van der Waals surface area contributed by atoms with Crippen molar-refractivity contribution >= 4 is 29.1 Å². The number of hydrogen-bond acceptors (Lipinski definition) is 5. The van der Waals surface area contributed by atoms with Gasteiger partial charge in [0.05, 0.1) is 16.2 Å². The number of carbonyl (C=O) groups excluding carboxylic acids is 1. The lowest BCUT2D eigenvalue weighted by Gasteiger charge is -2.10. The molecule has 3 aromatic rings. The first-order valence-corrected chi connectivity index (χ1v) is 9.28. The Hall–Kier alpha value is -4.21. The molecule has 0 atom stereocenters. The Morgan fingerprint density at radius 1 is 1.09 bits per heavy atom. The van der Waals surface area contributed by atoms with Crippen molar-refractivity contribution in [2.45, 2.75) is 13.1 Å². The molecule has 0 N–H and O–H groups in total. The normalized spacial score (nSPS) is 15.4. The maximum Gasteiger partial charge on any atom is 0.435 e. The summed E-state index contributed by atoms with van der Waals surface area (Å²) in [6, 6.07) is 14.8. The lowest BCUT2D eigenvalue weighted by atomic mass is 10.1. The van der Waals surface area contributed by atoms with Gasteiger partial charge in [-0.15, -0.1) is 0 Å². The van der Waals surface area contributed by atoms with Crippen LogP contribution in [0.4, 0.5) is 24.5 Å². The number of alkyl halides is 3. The molecule has 0 saturated carbocycles. The number of amides is 1. The molecule has 0 aliphatic carbocycles. The third kappa shape index (κ3) is 3.89. The largest absolute Gasteiger partial charge is 0.457 e. The number of carbonyl (C=O) groups is 1. The fourth-order valence-corrected chi connectivity index (χ4v) is 3.20. The summed E-state index contributed by atoms with van der Waals surface area (Å²) >= 11 is 0. The van der Waals surface area contributed by atoms with Gasteiger partial charge in [0, 0.05) is 17.7 Å². The van der Waals surface area contributed by atoms with E-state index >= 15 is 0 Å². The van der Waals surface area contributed by atoms with E-state index in [9.17, 15) is 28.1 Å². The standard InChI is InChI=1S/C22H14F3N3O4/c1-13-7-8-15(28(30)31)11-17(13)19-10-9-16(32-19)12-18-20(22(23,24)25)26-27(21(18)29)14-5-3-2-4-6-14/h2-12H,1H3/b18-12-. The zero-order chi connectivity index (χ0) is 23.0. The molecular weight excluding hydrogens is 427 g/mol. The van der Waals surface area contributed by atoms with E-state index in [0.717, 1.165) is 6.08 Å². The Morgan fingerprint density at radius 3 is 2.47 bits per heavy atom. The van der Waals surface area contributed by atoms with Crippen LogP contribution < -0.4 is 5.01 Å². The zero-order valence-electron chi connectivity index (χ0n) is 16.5. The minimum atomic E-state index is -4.86. The smallest absolute Gasteiger partial charge is 0.435 e. The lowest BCUT2D eigenvalue weighted by molar-refractivity contribution is -0.384. The van der Waals surface area contributed by atoms with Crippen LogP contribution >= 0.6 is 0 Å². The maximum absolute atomic E-state index is 13.6. The number of rotatable bonds is 4. The molecule has 1 amide bonds. The number of para-hydroxylation sites is 1. The molecule has 0 unspecified atom stereocenters. The van der Waals surface area contributed by atoms with Gasteiger partial charge in [0.2, 0.25) is 0 Å². The molecule has 1 aliphatic rings. The summed E-state index contributed by atoms with van der Waals surface area (Å²) < 4.78 is 46.3. The second-order valence-corrected chi connectivity index (χ2v) is 6.92. The van der Waals surface area contributed by atoms with Gasteiger partial charge in [-0.3, -0.25) is 14.9 Å². The quantitative estimate of drug-likeness (QED) is 0.303. The van der Waals surface area contributed by atoms with Crippen molar-refractivity contribution in [3.8, 4) is 11.3 Å². The van der Waals surface area contributed by atoms with Crippen molar-refractivity contribution in [2.24, 2.45) is 5.10 Å². The van der Waals surface area contributed by atoms with Crippen molar-refractivity contribution in [1.29, 1.82) is 0 Å². The molecule has 2 heterocycles. The molecule has 1 aliphatic heterocycles. The van der Waals surface area contributed by atoms with Gasteiger partial charge >= 0.3 is 6.18 Å². The molecule has 0 bridgehead atoms. The molecule has 32 heavy (non-hydrogen) atoms. The van der Waals surface area contributed by atoms with Crippen LogP contribution in [-0.2, 0) is 4.79 Å². The number of nitro benzene ring substituents is 1. The minimum Gasteiger partial charge on any atom is -0.457 e. The summed E-state index contributed by atoms with van der Waals surface area (Å²) in [5.41, 5.74) is -0.882. The van der Waals surface area contributed by atoms with Gasteiger partial charge in [0.1, 0.15) is 11.5 Å². The van der Waals surface area contributed by atoms with Gasteiger partial charge in [0.25, 0.3) is 11.6 Å². The van der Waals surface area contributed by atoms with Gasteiger partial charge < -0.3 is 4.42 Å². The number of anilines is 1. The predicted octanol–water partition coefficient (Wildman–Crippen LogP) is 5.51. The molecule has 2 aromatic carbocycles. The number of benzene rings is 2. The van der Waals surface area contributed by atoms with Crippen LogP contribution in [0, 0.1) is 17.0 Å². The molecule has 1 aromatic heterocycles. The van der Waals surface area contributed by atoms with Gasteiger partial charge in [-0.2, -0.15) is 23.3 Å². The molecule has 0 fully saturated rings. The molecule has 162 valence electrons. The monoisotopic (exact) mass is 441 g/mol. The highest BCUT2D eigenvalue weighted by Gasteiger charge is 2.47. The molecule has 0 saturated heterocycles. The lowest BCUT2D eigenvalue weighted by Crippen LogP contribution is -2.25. The summed E-state index contributed by atoms with van der Waals surface area (Å²) in [5.74, 6) is -0.761. The number of non-ortho nitro benzene ring substituents is 1.